The highest BCUT2D eigenvalue weighted by Crippen LogP contribution is 2.26. The number of rotatable bonds is 8. The van der Waals surface area contributed by atoms with Gasteiger partial charge in [-0.05, 0) is 32.0 Å². The van der Waals surface area contributed by atoms with E-state index in [9.17, 15) is 19.2 Å². The van der Waals surface area contributed by atoms with Gasteiger partial charge in [0.15, 0.2) is 0 Å². The lowest BCUT2D eigenvalue weighted by molar-refractivity contribution is -0.140. The molecule has 3 amide bonds. The Morgan fingerprint density at radius 2 is 1.68 bits per heavy atom. The summed E-state index contributed by atoms with van der Waals surface area (Å²) in [6, 6.07) is 13.0. The van der Waals surface area contributed by atoms with E-state index in [1.54, 1.807) is 29.2 Å². The van der Waals surface area contributed by atoms with Gasteiger partial charge in [0.1, 0.15) is 0 Å². The van der Waals surface area contributed by atoms with Crippen molar-refractivity contribution in [2.24, 2.45) is 0 Å². The van der Waals surface area contributed by atoms with Crippen LogP contribution >= 0.6 is 0 Å². The second kappa shape index (κ2) is 9.38. The molecule has 1 aliphatic heterocycles. The molecule has 2 aromatic rings. The van der Waals surface area contributed by atoms with Gasteiger partial charge in [0.05, 0.1) is 16.7 Å². The van der Waals surface area contributed by atoms with E-state index in [0.29, 0.717) is 18.7 Å². The fourth-order valence-electron chi connectivity index (χ4n) is 3.48. The van der Waals surface area contributed by atoms with Gasteiger partial charge in [-0.3, -0.25) is 19.3 Å². The molecular formula is C24H24N2O5. The SMILES string of the molecule is C=CCN1C(=O)c2ccc(C(=O)O[C@H](C(=O)N(CC)CC)c3ccccc3)cc2C1=O. The Morgan fingerprint density at radius 3 is 2.29 bits per heavy atom. The minimum Gasteiger partial charge on any atom is -0.444 e. The molecule has 7 nitrogen and oxygen atoms in total. The van der Waals surface area contributed by atoms with Gasteiger partial charge in [-0.1, -0.05) is 36.4 Å². The average molecular weight is 420 g/mol. The molecule has 0 bridgehead atoms. The minimum atomic E-state index is -1.11. The zero-order chi connectivity index (χ0) is 22.5. The number of amides is 3. The molecule has 0 spiro atoms. The molecule has 31 heavy (non-hydrogen) atoms. The number of esters is 1. The number of carbonyl (C=O) groups excluding carboxylic acids is 4. The number of fused-ring (bicyclic) bond motifs is 1. The van der Waals surface area contributed by atoms with Gasteiger partial charge < -0.3 is 9.64 Å². The third kappa shape index (κ3) is 4.26. The van der Waals surface area contributed by atoms with E-state index in [0.717, 1.165) is 4.90 Å². The largest absolute Gasteiger partial charge is 0.444 e. The molecule has 0 N–H and O–H groups in total. The number of likely N-dealkylation sites (N-methyl/N-ethyl adjacent to an activating group) is 1. The van der Waals surface area contributed by atoms with Crippen molar-refractivity contribution in [3.8, 4) is 0 Å². The van der Waals surface area contributed by atoms with Gasteiger partial charge in [0.25, 0.3) is 17.7 Å². The molecule has 0 radical (unpaired) electrons. The van der Waals surface area contributed by atoms with Gasteiger partial charge in [-0.15, -0.1) is 6.58 Å². The molecule has 1 aliphatic rings. The highest BCUT2D eigenvalue weighted by Gasteiger charge is 2.36. The van der Waals surface area contributed by atoms with E-state index < -0.39 is 23.9 Å². The summed E-state index contributed by atoms with van der Waals surface area (Å²) >= 11 is 0. The fourth-order valence-corrected chi connectivity index (χ4v) is 3.48. The van der Waals surface area contributed by atoms with Crippen molar-refractivity contribution in [2.75, 3.05) is 19.6 Å². The summed E-state index contributed by atoms with van der Waals surface area (Å²) in [6.45, 7) is 8.29. The monoisotopic (exact) mass is 420 g/mol. The van der Waals surface area contributed by atoms with Crippen LogP contribution in [-0.2, 0) is 9.53 Å². The molecule has 2 aromatic carbocycles. The number of benzene rings is 2. The summed E-state index contributed by atoms with van der Waals surface area (Å²) < 4.78 is 5.61. The molecule has 0 aliphatic carbocycles. The molecule has 7 heteroatoms. The van der Waals surface area contributed by atoms with Crippen molar-refractivity contribution >= 4 is 23.7 Å². The Morgan fingerprint density at radius 1 is 1.03 bits per heavy atom. The standard InChI is InChI=1S/C24H24N2O5/c1-4-14-26-21(27)18-13-12-17(15-19(18)22(26)28)24(30)31-20(16-10-8-7-9-11-16)23(29)25(5-2)6-3/h4,7-13,15,20H,1,5-6,14H2,2-3H3/t20-/m0/s1. The summed E-state index contributed by atoms with van der Waals surface area (Å²) in [5.41, 5.74) is 1.00. The smallest absolute Gasteiger partial charge is 0.339 e. The van der Waals surface area contributed by atoms with Gasteiger partial charge >= 0.3 is 5.97 Å². The third-order valence-electron chi connectivity index (χ3n) is 5.14. The fraction of sp³-hybridized carbons (Fsp3) is 0.250. The average Bonchev–Trinajstić information content (AvgIpc) is 3.03. The zero-order valence-corrected chi connectivity index (χ0v) is 17.5. The Labute approximate surface area is 180 Å². The first-order chi connectivity index (χ1) is 14.9. The number of imide groups is 1. The minimum absolute atomic E-state index is 0.0839. The first-order valence-electron chi connectivity index (χ1n) is 10.1. The molecular weight excluding hydrogens is 396 g/mol. The van der Waals surface area contributed by atoms with Crippen LogP contribution in [0.4, 0.5) is 0 Å². The second-order valence-corrected chi connectivity index (χ2v) is 6.98. The summed E-state index contributed by atoms with van der Waals surface area (Å²) in [5.74, 6) is -2.00. The molecule has 1 heterocycles. The van der Waals surface area contributed by atoms with Crippen molar-refractivity contribution in [2.45, 2.75) is 20.0 Å². The second-order valence-electron chi connectivity index (χ2n) is 6.98. The summed E-state index contributed by atoms with van der Waals surface area (Å²) in [7, 11) is 0. The lowest BCUT2D eigenvalue weighted by Crippen LogP contribution is -2.36. The number of hydrogen-bond acceptors (Lipinski definition) is 5. The Hall–Kier alpha value is -3.74. The highest BCUT2D eigenvalue weighted by molar-refractivity contribution is 6.22. The Bertz CT molecular complexity index is 1030. The van der Waals surface area contributed by atoms with Crippen molar-refractivity contribution in [3.05, 3.63) is 83.4 Å². The van der Waals surface area contributed by atoms with Crippen LogP contribution in [-0.4, -0.2) is 53.1 Å². The van der Waals surface area contributed by atoms with Crippen LogP contribution in [0.15, 0.2) is 61.2 Å². The quantitative estimate of drug-likeness (QED) is 0.372. The van der Waals surface area contributed by atoms with Crippen molar-refractivity contribution in [1.82, 2.24) is 9.80 Å². The van der Waals surface area contributed by atoms with Crippen LogP contribution in [0, 0.1) is 0 Å². The van der Waals surface area contributed by atoms with E-state index in [2.05, 4.69) is 6.58 Å². The highest BCUT2D eigenvalue weighted by atomic mass is 16.5. The van der Waals surface area contributed by atoms with Crippen LogP contribution in [0.1, 0.15) is 56.6 Å². The van der Waals surface area contributed by atoms with E-state index >= 15 is 0 Å². The predicted molar refractivity (Wildman–Crippen MR) is 115 cm³/mol. The molecule has 0 unspecified atom stereocenters. The van der Waals surface area contributed by atoms with Gasteiger partial charge in [0.2, 0.25) is 6.10 Å². The van der Waals surface area contributed by atoms with E-state index in [1.807, 2.05) is 19.9 Å². The van der Waals surface area contributed by atoms with E-state index in [-0.39, 0.29) is 29.1 Å². The maximum absolute atomic E-state index is 13.0. The van der Waals surface area contributed by atoms with Gasteiger partial charge in [-0.25, -0.2) is 4.79 Å². The maximum atomic E-state index is 13.0. The molecule has 0 fully saturated rings. The Kier molecular flexibility index (Phi) is 6.65. The first kappa shape index (κ1) is 22.0. The number of hydrogen-bond donors (Lipinski definition) is 0. The predicted octanol–water partition coefficient (Wildman–Crippen LogP) is 3.24. The van der Waals surface area contributed by atoms with Gasteiger partial charge in [-0.2, -0.15) is 0 Å². The van der Waals surface area contributed by atoms with Crippen LogP contribution < -0.4 is 0 Å². The maximum Gasteiger partial charge on any atom is 0.339 e. The molecule has 3 rings (SSSR count). The first-order valence-corrected chi connectivity index (χ1v) is 10.1. The summed E-state index contributed by atoms with van der Waals surface area (Å²) in [4.78, 5) is 53.5. The molecule has 160 valence electrons. The van der Waals surface area contributed by atoms with Crippen LogP contribution in [0.2, 0.25) is 0 Å². The van der Waals surface area contributed by atoms with E-state index in [4.69, 9.17) is 4.74 Å². The zero-order valence-electron chi connectivity index (χ0n) is 17.5. The van der Waals surface area contributed by atoms with Crippen LogP contribution in [0.5, 0.6) is 0 Å². The number of nitrogens with zero attached hydrogens (tertiary/aromatic N) is 2. The van der Waals surface area contributed by atoms with Crippen molar-refractivity contribution < 1.29 is 23.9 Å². The lowest BCUT2D eigenvalue weighted by Gasteiger charge is -2.25. The van der Waals surface area contributed by atoms with Crippen molar-refractivity contribution in [1.29, 1.82) is 0 Å². The summed E-state index contributed by atoms with van der Waals surface area (Å²) in [6.07, 6.45) is 0.344. The summed E-state index contributed by atoms with van der Waals surface area (Å²) in [5, 5.41) is 0. The molecule has 0 saturated carbocycles. The van der Waals surface area contributed by atoms with Gasteiger partial charge in [0, 0.05) is 25.2 Å². The molecule has 1 atom stereocenters. The van der Waals surface area contributed by atoms with Crippen molar-refractivity contribution in [3.63, 3.8) is 0 Å². The lowest BCUT2D eigenvalue weighted by atomic mass is 10.1. The third-order valence-corrected chi connectivity index (χ3v) is 5.14. The number of carbonyl (C=O) groups is 4. The Balaban J connectivity index is 1.90. The normalized spacial score (nSPS) is 13.5. The van der Waals surface area contributed by atoms with Crippen LogP contribution in [0.25, 0.3) is 0 Å². The number of ether oxygens (including phenoxy) is 1. The van der Waals surface area contributed by atoms with E-state index in [1.165, 1.54) is 24.3 Å². The van der Waals surface area contributed by atoms with Crippen LogP contribution in [0.3, 0.4) is 0 Å². The molecule has 0 saturated heterocycles. The topological polar surface area (TPSA) is 84.0 Å². The molecule has 0 aromatic heterocycles.